The molecule has 28 heavy (non-hydrogen) atoms. The lowest BCUT2D eigenvalue weighted by Gasteiger charge is -2.16. The molecule has 2 aromatic heterocycles. The van der Waals surface area contributed by atoms with Crippen molar-refractivity contribution >= 4 is 34.6 Å². The number of aryl methyl sites for hydroxylation is 1. The van der Waals surface area contributed by atoms with E-state index in [1.165, 1.54) is 6.33 Å². The maximum Gasteiger partial charge on any atom is 0.338 e. The van der Waals surface area contributed by atoms with E-state index in [1.807, 2.05) is 19.1 Å². The molecular weight excluding hydrogens is 386 g/mol. The van der Waals surface area contributed by atoms with Crippen LogP contribution in [0.1, 0.15) is 28.6 Å². The van der Waals surface area contributed by atoms with Gasteiger partial charge in [0.2, 0.25) is 5.28 Å². The number of rotatable bonds is 4. The number of aliphatic hydroxyl groups excluding tert-OH is 1. The van der Waals surface area contributed by atoms with Crippen LogP contribution in [0.3, 0.4) is 0 Å². The smallest absolute Gasteiger partial charge is 0.338 e. The largest absolute Gasteiger partial charge is 0.456 e. The van der Waals surface area contributed by atoms with Crippen molar-refractivity contribution in [3.8, 4) is 0 Å². The highest BCUT2D eigenvalue weighted by molar-refractivity contribution is 6.28. The fourth-order valence-corrected chi connectivity index (χ4v) is 3.35. The molecule has 1 saturated heterocycles. The highest BCUT2D eigenvalue weighted by Crippen LogP contribution is 2.33. The first-order valence-corrected chi connectivity index (χ1v) is 9.03. The van der Waals surface area contributed by atoms with Crippen molar-refractivity contribution in [2.24, 2.45) is 0 Å². The van der Waals surface area contributed by atoms with Gasteiger partial charge in [-0.15, -0.1) is 0 Å². The zero-order chi connectivity index (χ0) is 19.8. The summed E-state index contributed by atoms with van der Waals surface area (Å²) in [4.78, 5) is 24.7. The topological polar surface area (TPSA) is 125 Å². The summed E-state index contributed by atoms with van der Waals surface area (Å²) in [5, 5.41) is 9.66. The number of esters is 1. The minimum atomic E-state index is -0.675. The van der Waals surface area contributed by atoms with Gasteiger partial charge in [0.25, 0.3) is 0 Å². The summed E-state index contributed by atoms with van der Waals surface area (Å²) < 4.78 is 13.1. The molecule has 1 fully saturated rings. The minimum absolute atomic E-state index is 0.00851. The second kappa shape index (κ2) is 7.34. The molecule has 0 spiro atoms. The lowest BCUT2D eigenvalue weighted by molar-refractivity contribution is -0.0500. The number of anilines is 1. The molecule has 146 valence electrons. The highest BCUT2D eigenvalue weighted by Gasteiger charge is 2.39. The van der Waals surface area contributed by atoms with Gasteiger partial charge in [0.15, 0.2) is 11.5 Å². The predicted molar refractivity (Wildman–Crippen MR) is 101 cm³/mol. The maximum atomic E-state index is 12.4. The number of nitrogens with two attached hydrogens (primary N) is 1. The van der Waals surface area contributed by atoms with E-state index in [0.29, 0.717) is 23.1 Å². The summed E-state index contributed by atoms with van der Waals surface area (Å²) in [6, 6.07) is 7.06. The molecule has 1 aliphatic heterocycles. The summed E-state index contributed by atoms with van der Waals surface area (Å²) >= 11 is 5.90. The first-order chi connectivity index (χ1) is 13.5. The van der Waals surface area contributed by atoms with Crippen LogP contribution in [0.15, 0.2) is 30.6 Å². The Kier molecular flexibility index (Phi) is 4.88. The number of hydrogen-bond acceptors (Lipinski definition) is 8. The van der Waals surface area contributed by atoms with E-state index in [2.05, 4.69) is 15.0 Å². The quantitative estimate of drug-likeness (QED) is 0.499. The van der Waals surface area contributed by atoms with Gasteiger partial charge in [-0.1, -0.05) is 17.7 Å². The third-order valence-electron chi connectivity index (χ3n) is 4.64. The molecule has 1 aliphatic rings. The van der Waals surface area contributed by atoms with Crippen molar-refractivity contribution in [2.75, 3.05) is 12.3 Å². The molecular formula is C18H18ClN5O4. The van der Waals surface area contributed by atoms with Crippen LogP contribution >= 0.6 is 11.6 Å². The van der Waals surface area contributed by atoms with Crippen LogP contribution in [0, 0.1) is 6.92 Å². The Hall–Kier alpha value is -2.75. The number of carbonyl (C=O) groups is 1. The van der Waals surface area contributed by atoms with Gasteiger partial charge in [0.1, 0.15) is 24.0 Å². The van der Waals surface area contributed by atoms with Crippen LogP contribution in [-0.4, -0.2) is 49.4 Å². The number of benzene rings is 1. The van der Waals surface area contributed by atoms with Gasteiger partial charge in [-0.3, -0.25) is 4.57 Å². The summed E-state index contributed by atoms with van der Waals surface area (Å²) in [7, 11) is 0. The number of ether oxygens (including phenoxy) is 2. The summed E-state index contributed by atoms with van der Waals surface area (Å²) in [5.74, 6) is -0.314. The maximum absolute atomic E-state index is 12.4. The molecule has 1 aromatic carbocycles. The first-order valence-electron chi connectivity index (χ1n) is 8.65. The Labute approximate surface area is 165 Å². The normalized spacial score (nSPS) is 21.9. The van der Waals surface area contributed by atoms with Crippen molar-refractivity contribution in [1.29, 1.82) is 0 Å². The van der Waals surface area contributed by atoms with E-state index < -0.39 is 24.4 Å². The van der Waals surface area contributed by atoms with Gasteiger partial charge >= 0.3 is 5.97 Å². The third-order valence-corrected chi connectivity index (χ3v) is 4.81. The van der Waals surface area contributed by atoms with Crippen LogP contribution in [0.4, 0.5) is 5.82 Å². The molecule has 3 aromatic rings. The number of aliphatic hydroxyl groups is 1. The lowest BCUT2D eigenvalue weighted by atomic mass is 10.1. The molecule has 0 aliphatic carbocycles. The lowest BCUT2D eigenvalue weighted by Crippen LogP contribution is -2.30. The number of carbonyl (C=O) groups excluding carboxylic acids is 1. The number of nitrogen functional groups attached to an aromatic ring is 1. The van der Waals surface area contributed by atoms with Crippen molar-refractivity contribution in [3.05, 3.63) is 47.0 Å². The number of hydrogen-bond donors (Lipinski definition) is 2. The zero-order valence-electron chi connectivity index (χ0n) is 14.9. The fraction of sp³-hybridized carbons (Fsp3) is 0.333. The van der Waals surface area contributed by atoms with Gasteiger partial charge in [-0.05, 0) is 30.7 Å². The Bertz CT molecular complexity index is 1020. The van der Waals surface area contributed by atoms with Crippen LogP contribution in [0.2, 0.25) is 5.28 Å². The molecule has 10 heteroatoms. The fourth-order valence-electron chi connectivity index (χ4n) is 3.18. The molecule has 3 atom stereocenters. The van der Waals surface area contributed by atoms with E-state index in [1.54, 1.807) is 16.7 Å². The van der Waals surface area contributed by atoms with Crippen molar-refractivity contribution in [3.63, 3.8) is 0 Å². The third kappa shape index (κ3) is 3.39. The van der Waals surface area contributed by atoms with E-state index in [-0.39, 0.29) is 17.7 Å². The van der Waals surface area contributed by atoms with E-state index >= 15 is 0 Å². The van der Waals surface area contributed by atoms with Crippen molar-refractivity contribution in [2.45, 2.75) is 31.8 Å². The predicted octanol–water partition coefficient (Wildman–Crippen LogP) is 1.88. The molecule has 0 radical (unpaired) electrons. The standard InChI is InChI=1S/C18H18ClN5O4/c1-9-2-4-10(5-3-9)17(26)28-11-6-13(27-12(11)7-25)24-8-21-14-15(20)22-18(19)23-16(14)24/h2-5,8,11-13,25H,6-7H2,1H3,(H2,20,22,23). The molecule has 3 N–H and O–H groups in total. The number of fused-ring (bicyclic) bond motifs is 1. The van der Waals surface area contributed by atoms with Gasteiger partial charge in [0.05, 0.1) is 18.5 Å². The summed E-state index contributed by atoms with van der Waals surface area (Å²) in [6.07, 6.45) is -0.0313. The summed E-state index contributed by atoms with van der Waals surface area (Å²) in [6.45, 7) is 1.64. The highest BCUT2D eigenvalue weighted by atomic mass is 35.5. The van der Waals surface area contributed by atoms with Gasteiger partial charge in [-0.2, -0.15) is 9.97 Å². The molecule has 3 unspecified atom stereocenters. The second-order valence-electron chi connectivity index (χ2n) is 6.56. The van der Waals surface area contributed by atoms with Crippen LogP contribution < -0.4 is 5.73 Å². The van der Waals surface area contributed by atoms with Crippen molar-refractivity contribution in [1.82, 2.24) is 19.5 Å². The molecule has 9 nitrogen and oxygen atoms in total. The Morgan fingerprint density at radius 2 is 2.14 bits per heavy atom. The van der Waals surface area contributed by atoms with Crippen LogP contribution in [0.5, 0.6) is 0 Å². The van der Waals surface area contributed by atoms with Gasteiger partial charge < -0.3 is 20.3 Å². The molecule has 0 amide bonds. The average Bonchev–Trinajstić information content (AvgIpc) is 3.26. The Morgan fingerprint density at radius 1 is 1.39 bits per heavy atom. The monoisotopic (exact) mass is 403 g/mol. The number of aromatic nitrogens is 4. The van der Waals surface area contributed by atoms with E-state index in [4.69, 9.17) is 26.8 Å². The Morgan fingerprint density at radius 3 is 2.86 bits per heavy atom. The Balaban J connectivity index is 1.56. The molecule has 3 heterocycles. The van der Waals surface area contributed by atoms with Crippen LogP contribution in [-0.2, 0) is 9.47 Å². The second-order valence-corrected chi connectivity index (χ2v) is 6.90. The number of imidazole rings is 1. The molecule has 0 saturated carbocycles. The minimum Gasteiger partial charge on any atom is -0.456 e. The van der Waals surface area contributed by atoms with E-state index in [0.717, 1.165) is 5.56 Å². The summed E-state index contributed by atoms with van der Waals surface area (Å²) in [5.41, 5.74) is 8.11. The first kappa shape index (κ1) is 18.6. The van der Waals surface area contributed by atoms with Crippen LogP contribution in [0.25, 0.3) is 11.2 Å². The average molecular weight is 404 g/mol. The van der Waals surface area contributed by atoms with Gasteiger partial charge in [-0.25, -0.2) is 9.78 Å². The number of nitrogens with zero attached hydrogens (tertiary/aromatic N) is 4. The molecule has 0 bridgehead atoms. The molecule has 4 rings (SSSR count). The SMILES string of the molecule is Cc1ccc(C(=O)OC2CC(n3cnc4c(N)nc(Cl)nc43)OC2CO)cc1. The zero-order valence-corrected chi connectivity index (χ0v) is 15.7. The van der Waals surface area contributed by atoms with Crippen molar-refractivity contribution < 1.29 is 19.4 Å². The van der Waals surface area contributed by atoms with Gasteiger partial charge in [0, 0.05) is 6.42 Å². The van der Waals surface area contributed by atoms with E-state index in [9.17, 15) is 9.90 Å². The number of halogens is 1.